The van der Waals surface area contributed by atoms with E-state index in [-0.39, 0.29) is 11.5 Å². The second-order valence-electron chi connectivity index (χ2n) is 7.90. The maximum atomic E-state index is 13.1. The SMILES string of the molecule is COc1cc(OC)cc(C(=O)N2CCN(c3nc4c(cnn4-c4ccccc4)c(=O)[nH]3)CC2)c1. The third kappa shape index (κ3) is 3.94. The summed E-state index contributed by atoms with van der Waals surface area (Å²) in [5.74, 6) is 1.49. The number of hydrogen-bond acceptors (Lipinski definition) is 7. The number of carbonyl (C=O) groups is 1. The molecule has 1 amide bonds. The first-order valence-electron chi connectivity index (χ1n) is 10.9. The van der Waals surface area contributed by atoms with Crippen molar-refractivity contribution in [3.63, 3.8) is 0 Å². The monoisotopic (exact) mass is 460 g/mol. The second-order valence-corrected chi connectivity index (χ2v) is 7.90. The first kappa shape index (κ1) is 21.5. The first-order valence-corrected chi connectivity index (χ1v) is 10.9. The van der Waals surface area contributed by atoms with E-state index in [9.17, 15) is 9.59 Å². The number of aromatic amines is 1. The molecule has 0 bridgehead atoms. The van der Waals surface area contributed by atoms with Crippen molar-refractivity contribution < 1.29 is 14.3 Å². The van der Waals surface area contributed by atoms with Gasteiger partial charge in [0.15, 0.2) is 5.65 Å². The number of anilines is 1. The third-order valence-corrected chi connectivity index (χ3v) is 5.89. The van der Waals surface area contributed by atoms with Gasteiger partial charge in [-0.2, -0.15) is 10.1 Å². The summed E-state index contributed by atoms with van der Waals surface area (Å²) >= 11 is 0. The van der Waals surface area contributed by atoms with Gasteiger partial charge >= 0.3 is 0 Å². The number of hydrogen-bond donors (Lipinski definition) is 1. The summed E-state index contributed by atoms with van der Waals surface area (Å²) < 4.78 is 12.2. The fraction of sp³-hybridized carbons (Fsp3) is 0.250. The summed E-state index contributed by atoms with van der Waals surface area (Å²) in [4.78, 5) is 37.1. The number of nitrogens with zero attached hydrogens (tertiary/aromatic N) is 5. The van der Waals surface area contributed by atoms with E-state index < -0.39 is 0 Å². The molecule has 0 unspecified atom stereocenters. The summed E-state index contributed by atoms with van der Waals surface area (Å²) in [7, 11) is 3.10. The van der Waals surface area contributed by atoms with Gasteiger partial charge in [-0.15, -0.1) is 0 Å². The van der Waals surface area contributed by atoms with Crippen LogP contribution in [0.1, 0.15) is 10.4 Å². The predicted octanol–water partition coefficient (Wildman–Crippen LogP) is 2.09. The molecule has 1 N–H and O–H groups in total. The van der Waals surface area contributed by atoms with E-state index in [0.717, 1.165) is 5.69 Å². The molecule has 0 atom stereocenters. The highest BCUT2D eigenvalue weighted by Crippen LogP contribution is 2.24. The largest absolute Gasteiger partial charge is 0.497 e. The Bertz CT molecular complexity index is 1370. The van der Waals surface area contributed by atoms with Gasteiger partial charge in [0.2, 0.25) is 5.95 Å². The molecule has 1 saturated heterocycles. The number of rotatable bonds is 5. The highest BCUT2D eigenvalue weighted by molar-refractivity contribution is 5.95. The molecule has 2 aromatic heterocycles. The number of fused-ring (bicyclic) bond motifs is 1. The molecule has 10 heteroatoms. The molecule has 0 radical (unpaired) electrons. The van der Waals surface area contributed by atoms with Crippen molar-refractivity contribution in [1.82, 2.24) is 24.6 Å². The number of carbonyl (C=O) groups excluding carboxylic acids is 1. The lowest BCUT2D eigenvalue weighted by Gasteiger charge is -2.35. The van der Waals surface area contributed by atoms with Crippen LogP contribution in [0, 0.1) is 0 Å². The topological polar surface area (TPSA) is 106 Å². The zero-order valence-electron chi connectivity index (χ0n) is 18.9. The quantitative estimate of drug-likeness (QED) is 0.486. The van der Waals surface area contributed by atoms with Crippen LogP contribution in [0.2, 0.25) is 0 Å². The Hall–Kier alpha value is -4.34. The van der Waals surface area contributed by atoms with Crippen LogP contribution in [0.25, 0.3) is 16.7 Å². The smallest absolute Gasteiger partial charge is 0.263 e. The second kappa shape index (κ2) is 8.89. The van der Waals surface area contributed by atoms with Gasteiger partial charge in [-0.3, -0.25) is 14.6 Å². The maximum absolute atomic E-state index is 13.1. The number of nitrogens with one attached hydrogen (secondary N) is 1. The lowest BCUT2D eigenvalue weighted by Crippen LogP contribution is -2.49. The molecule has 1 fully saturated rings. The van der Waals surface area contributed by atoms with Crippen molar-refractivity contribution in [2.24, 2.45) is 0 Å². The molecule has 34 heavy (non-hydrogen) atoms. The highest BCUT2D eigenvalue weighted by Gasteiger charge is 2.25. The Morgan fingerprint density at radius 2 is 1.65 bits per heavy atom. The molecule has 4 aromatic rings. The van der Waals surface area contributed by atoms with Gasteiger partial charge in [0, 0.05) is 37.8 Å². The van der Waals surface area contributed by atoms with Crippen molar-refractivity contribution in [1.29, 1.82) is 0 Å². The third-order valence-electron chi connectivity index (χ3n) is 5.89. The maximum Gasteiger partial charge on any atom is 0.263 e. The van der Waals surface area contributed by atoms with E-state index in [4.69, 9.17) is 14.5 Å². The van der Waals surface area contributed by atoms with Gasteiger partial charge in [-0.05, 0) is 24.3 Å². The fourth-order valence-electron chi connectivity index (χ4n) is 4.05. The van der Waals surface area contributed by atoms with Gasteiger partial charge < -0.3 is 19.3 Å². The Labute approximate surface area is 195 Å². The molecule has 2 aromatic carbocycles. The number of piperazine rings is 1. The van der Waals surface area contributed by atoms with E-state index in [1.165, 1.54) is 6.20 Å². The van der Waals surface area contributed by atoms with Crippen LogP contribution in [0.5, 0.6) is 11.5 Å². The average Bonchev–Trinajstić information content (AvgIpc) is 3.33. The van der Waals surface area contributed by atoms with Crippen LogP contribution in [-0.4, -0.2) is 71.0 Å². The molecular weight excluding hydrogens is 436 g/mol. The van der Waals surface area contributed by atoms with Crippen LogP contribution in [-0.2, 0) is 0 Å². The normalized spacial score (nSPS) is 13.8. The Kier molecular flexibility index (Phi) is 5.62. The Balaban J connectivity index is 1.36. The van der Waals surface area contributed by atoms with Crippen molar-refractivity contribution >= 4 is 22.9 Å². The van der Waals surface area contributed by atoms with Crippen molar-refractivity contribution in [3.8, 4) is 17.2 Å². The summed E-state index contributed by atoms with van der Waals surface area (Å²) in [6.07, 6.45) is 1.52. The van der Waals surface area contributed by atoms with Gasteiger partial charge in [0.05, 0.1) is 26.1 Å². The van der Waals surface area contributed by atoms with Gasteiger partial charge in [-0.25, -0.2) is 4.68 Å². The summed E-state index contributed by atoms with van der Waals surface area (Å²) in [6, 6.07) is 14.7. The van der Waals surface area contributed by atoms with Crippen molar-refractivity contribution in [2.75, 3.05) is 45.3 Å². The van der Waals surface area contributed by atoms with Crippen LogP contribution in [0.3, 0.4) is 0 Å². The predicted molar refractivity (Wildman–Crippen MR) is 127 cm³/mol. The molecule has 0 saturated carbocycles. The number of methoxy groups -OCH3 is 2. The molecule has 0 aliphatic carbocycles. The first-order chi connectivity index (χ1) is 16.6. The van der Waals surface area contributed by atoms with Crippen molar-refractivity contribution in [2.45, 2.75) is 0 Å². The van der Waals surface area contributed by atoms with E-state index >= 15 is 0 Å². The van der Waals surface area contributed by atoms with Gasteiger partial charge in [-0.1, -0.05) is 18.2 Å². The van der Waals surface area contributed by atoms with E-state index in [1.54, 1.807) is 42.0 Å². The lowest BCUT2D eigenvalue weighted by molar-refractivity contribution is 0.0745. The fourth-order valence-corrected chi connectivity index (χ4v) is 4.05. The van der Waals surface area contributed by atoms with Crippen LogP contribution in [0.4, 0.5) is 5.95 Å². The van der Waals surface area contributed by atoms with E-state index in [0.29, 0.717) is 60.2 Å². The standard InChI is InChI=1S/C24H24N6O4/c1-33-18-12-16(13-19(14-18)34-2)23(32)28-8-10-29(11-9-28)24-26-21-20(22(31)27-24)15-25-30(21)17-6-4-3-5-7-17/h3-7,12-15H,8-11H2,1-2H3,(H,26,27,31). The van der Waals surface area contributed by atoms with Gasteiger partial charge in [0.1, 0.15) is 16.9 Å². The molecule has 1 aliphatic heterocycles. The molecule has 5 rings (SSSR count). The minimum Gasteiger partial charge on any atom is -0.497 e. The minimum atomic E-state index is -0.246. The Morgan fingerprint density at radius 3 is 2.29 bits per heavy atom. The zero-order valence-corrected chi connectivity index (χ0v) is 18.9. The van der Waals surface area contributed by atoms with E-state index in [1.807, 2.05) is 35.2 Å². The van der Waals surface area contributed by atoms with Crippen LogP contribution < -0.4 is 19.9 Å². The van der Waals surface area contributed by atoms with Crippen LogP contribution >= 0.6 is 0 Å². The Morgan fingerprint density at radius 1 is 0.971 bits per heavy atom. The summed E-state index contributed by atoms with van der Waals surface area (Å²) in [5, 5.41) is 4.78. The highest BCUT2D eigenvalue weighted by atomic mass is 16.5. The molecule has 1 aliphatic rings. The minimum absolute atomic E-state index is 0.101. The van der Waals surface area contributed by atoms with Crippen LogP contribution in [0.15, 0.2) is 59.5 Å². The lowest BCUT2D eigenvalue weighted by atomic mass is 10.1. The number of para-hydroxylation sites is 1. The number of ether oxygens (including phenoxy) is 2. The van der Waals surface area contributed by atoms with Gasteiger partial charge in [0.25, 0.3) is 11.5 Å². The summed E-state index contributed by atoms with van der Waals surface area (Å²) in [6.45, 7) is 2.03. The number of aromatic nitrogens is 4. The molecule has 10 nitrogen and oxygen atoms in total. The molecule has 174 valence electrons. The number of amides is 1. The summed E-state index contributed by atoms with van der Waals surface area (Å²) in [5.41, 5.74) is 1.58. The van der Waals surface area contributed by atoms with E-state index in [2.05, 4.69) is 10.1 Å². The number of H-pyrrole nitrogens is 1. The molecular formula is C24H24N6O4. The number of benzene rings is 2. The zero-order chi connectivity index (χ0) is 23.7. The molecule has 0 spiro atoms. The molecule has 3 heterocycles. The average molecular weight is 460 g/mol. The van der Waals surface area contributed by atoms with Crippen molar-refractivity contribution in [3.05, 3.63) is 70.6 Å².